The van der Waals surface area contributed by atoms with Crippen molar-refractivity contribution in [1.29, 1.82) is 0 Å². The Labute approximate surface area is 76.0 Å². The molecule has 0 fully saturated rings. The van der Waals surface area contributed by atoms with E-state index in [1.54, 1.807) is 0 Å². The van der Waals surface area contributed by atoms with Crippen molar-refractivity contribution in [3.8, 4) is 0 Å². The van der Waals surface area contributed by atoms with Crippen molar-refractivity contribution < 1.29 is 4.98 Å². The fourth-order valence-electron chi connectivity index (χ4n) is 1.26. The molecule has 0 bridgehead atoms. The minimum atomic E-state index is 0.837. The van der Waals surface area contributed by atoms with Gasteiger partial charge in [0.1, 0.15) is 0 Å². The lowest BCUT2D eigenvalue weighted by Gasteiger charge is -1.96. The Morgan fingerprint density at radius 3 is 2.83 bits per heavy atom. The molecule has 2 rings (SSSR count). The Morgan fingerprint density at radius 1 is 1.25 bits per heavy atom. The molecule has 1 aromatic heterocycles. The first-order valence-corrected chi connectivity index (χ1v) is 4.22. The van der Waals surface area contributed by atoms with E-state index in [4.69, 9.17) is 11.6 Å². The van der Waals surface area contributed by atoms with Gasteiger partial charge in [0.2, 0.25) is 5.52 Å². The number of benzene rings is 1. The van der Waals surface area contributed by atoms with Gasteiger partial charge in [-0.1, -0.05) is 23.7 Å². The number of nitrogens with one attached hydrogen (secondary N) is 1. The molecule has 0 aliphatic carbocycles. The number of fused-ring (bicyclic) bond motifs is 1. The third-order valence-corrected chi connectivity index (χ3v) is 2.46. The zero-order valence-corrected chi connectivity index (χ0v) is 7.52. The first kappa shape index (κ1) is 7.56. The predicted octanol–water partition coefficient (Wildman–Crippen LogP) is 2.62. The second-order valence-electron chi connectivity index (χ2n) is 2.83. The second-order valence-corrected chi connectivity index (χ2v) is 3.21. The van der Waals surface area contributed by atoms with E-state index in [0.29, 0.717) is 0 Å². The van der Waals surface area contributed by atoms with Gasteiger partial charge in [-0.05, 0) is 13.0 Å². The molecule has 1 N–H and O–H groups in total. The molecular weight excluding hydrogens is 170 g/mol. The summed E-state index contributed by atoms with van der Waals surface area (Å²) in [6, 6.07) is 8.01. The molecule has 0 radical (unpaired) electrons. The number of para-hydroxylation sites is 1. The van der Waals surface area contributed by atoms with Crippen LogP contribution >= 0.6 is 11.6 Å². The maximum atomic E-state index is 6.11. The average molecular weight is 179 g/mol. The van der Waals surface area contributed by atoms with Gasteiger partial charge in [-0.15, -0.1) is 0 Å². The zero-order valence-electron chi connectivity index (χ0n) is 6.76. The lowest BCUT2D eigenvalue weighted by molar-refractivity contribution is -0.345. The Hall–Kier alpha value is -1.08. The summed E-state index contributed by atoms with van der Waals surface area (Å²) in [5.74, 6) is 0. The van der Waals surface area contributed by atoms with Crippen LogP contribution in [0.1, 0.15) is 5.56 Å². The Bertz CT molecular complexity index is 423. The van der Waals surface area contributed by atoms with Crippen LogP contribution in [-0.4, -0.2) is 0 Å². The third-order valence-electron chi connectivity index (χ3n) is 1.95. The van der Waals surface area contributed by atoms with Crippen LogP contribution in [0.2, 0.25) is 5.02 Å². The Kier molecular flexibility index (Phi) is 1.74. The number of rotatable bonds is 0. The minimum Gasteiger partial charge on any atom is -0.211 e. The quantitative estimate of drug-likeness (QED) is 0.589. The smallest absolute Gasteiger partial charge is 0.211 e. The topological polar surface area (TPSA) is 14.1 Å². The van der Waals surface area contributed by atoms with Crippen molar-refractivity contribution in [3.05, 3.63) is 41.0 Å². The predicted molar refractivity (Wildman–Crippen MR) is 50.3 cm³/mol. The van der Waals surface area contributed by atoms with Crippen LogP contribution in [0.4, 0.5) is 0 Å². The summed E-state index contributed by atoms with van der Waals surface area (Å²) in [5.41, 5.74) is 2.16. The third kappa shape index (κ3) is 1.07. The molecule has 0 aliphatic heterocycles. The average Bonchev–Trinajstić information content (AvgIpc) is 2.12. The van der Waals surface area contributed by atoms with E-state index in [2.05, 4.69) is 4.98 Å². The summed E-state index contributed by atoms with van der Waals surface area (Å²) >= 11 is 6.11. The highest BCUT2D eigenvalue weighted by atomic mass is 35.5. The number of aromatic nitrogens is 1. The van der Waals surface area contributed by atoms with Gasteiger partial charge in [-0.2, -0.15) is 0 Å². The van der Waals surface area contributed by atoms with Crippen LogP contribution < -0.4 is 4.98 Å². The van der Waals surface area contributed by atoms with Crippen molar-refractivity contribution >= 4 is 22.5 Å². The Balaban J connectivity index is 2.91. The number of hydrogen-bond donors (Lipinski definition) is 0. The molecule has 1 heterocycles. The van der Waals surface area contributed by atoms with Crippen molar-refractivity contribution in [2.75, 3.05) is 0 Å². The number of pyridine rings is 1. The number of aromatic amines is 1. The standard InChI is InChI=1S/C10H8ClN/c1-7-6-12-9-5-3-2-4-8(9)10(7)11/h2-6H,1H3/p+1. The lowest BCUT2D eigenvalue weighted by Crippen LogP contribution is -2.03. The highest BCUT2D eigenvalue weighted by Gasteiger charge is 2.05. The van der Waals surface area contributed by atoms with Crippen LogP contribution in [0.3, 0.4) is 0 Å². The van der Waals surface area contributed by atoms with E-state index < -0.39 is 0 Å². The van der Waals surface area contributed by atoms with Crippen LogP contribution in [0.25, 0.3) is 10.9 Å². The first-order valence-electron chi connectivity index (χ1n) is 3.84. The van der Waals surface area contributed by atoms with Gasteiger partial charge in [-0.3, -0.25) is 0 Å². The fraction of sp³-hybridized carbons (Fsp3) is 0.100. The van der Waals surface area contributed by atoms with E-state index in [1.165, 1.54) is 0 Å². The van der Waals surface area contributed by atoms with E-state index >= 15 is 0 Å². The zero-order chi connectivity index (χ0) is 8.55. The molecule has 0 saturated carbocycles. The van der Waals surface area contributed by atoms with Crippen molar-refractivity contribution in [2.45, 2.75) is 6.92 Å². The summed E-state index contributed by atoms with van der Waals surface area (Å²) in [4.78, 5) is 3.18. The largest absolute Gasteiger partial charge is 0.212 e. The lowest BCUT2D eigenvalue weighted by atomic mass is 10.2. The van der Waals surface area contributed by atoms with Crippen LogP contribution in [0.5, 0.6) is 0 Å². The molecule has 60 valence electrons. The van der Waals surface area contributed by atoms with E-state index in [0.717, 1.165) is 21.5 Å². The Morgan fingerprint density at radius 2 is 2.00 bits per heavy atom. The second kappa shape index (κ2) is 2.76. The molecule has 0 spiro atoms. The monoisotopic (exact) mass is 178 g/mol. The minimum absolute atomic E-state index is 0.837. The van der Waals surface area contributed by atoms with Gasteiger partial charge in [0.05, 0.1) is 10.4 Å². The summed E-state index contributed by atoms with van der Waals surface area (Å²) in [7, 11) is 0. The van der Waals surface area contributed by atoms with E-state index in [1.807, 2.05) is 37.4 Å². The number of H-pyrrole nitrogens is 1. The number of aryl methyl sites for hydroxylation is 1. The summed E-state index contributed by atoms with van der Waals surface area (Å²) in [6.07, 6.45) is 1.92. The van der Waals surface area contributed by atoms with Gasteiger partial charge in [-0.25, -0.2) is 4.98 Å². The molecule has 1 nitrogen and oxygen atoms in total. The molecule has 0 saturated heterocycles. The molecular formula is C10H9ClN+. The van der Waals surface area contributed by atoms with Gasteiger partial charge in [0.15, 0.2) is 6.20 Å². The van der Waals surface area contributed by atoms with Crippen molar-refractivity contribution in [3.63, 3.8) is 0 Å². The summed E-state index contributed by atoms with van der Waals surface area (Å²) in [6.45, 7) is 1.99. The van der Waals surface area contributed by atoms with Gasteiger partial charge < -0.3 is 0 Å². The molecule has 2 aromatic rings. The normalized spacial score (nSPS) is 10.5. The van der Waals surface area contributed by atoms with Crippen LogP contribution in [-0.2, 0) is 0 Å². The molecule has 0 unspecified atom stereocenters. The molecule has 0 atom stereocenters. The molecule has 1 aromatic carbocycles. The van der Waals surface area contributed by atoms with Gasteiger partial charge >= 0.3 is 0 Å². The van der Waals surface area contributed by atoms with Crippen molar-refractivity contribution in [2.24, 2.45) is 0 Å². The van der Waals surface area contributed by atoms with Gasteiger partial charge in [0.25, 0.3) is 0 Å². The molecule has 0 aliphatic rings. The van der Waals surface area contributed by atoms with Gasteiger partial charge in [0, 0.05) is 11.6 Å². The molecule has 12 heavy (non-hydrogen) atoms. The fourth-order valence-corrected chi connectivity index (χ4v) is 1.48. The summed E-state index contributed by atoms with van der Waals surface area (Å²) in [5, 5.41) is 1.92. The molecule has 2 heteroatoms. The maximum absolute atomic E-state index is 6.11. The first-order chi connectivity index (χ1) is 5.79. The van der Waals surface area contributed by atoms with E-state index in [9.17, 15) is 0 Å². The highest BCUT2D eigenvalue weighted by Crippen LogP contribution is 2.22. The molecule has 0 amide bonds. The summed E-state index contributed by atoms with van der Waals surface area (Å²) < 4.78 is 0. The highest BCUT2D eigenvalue weighted by molar-refractivity contribution is 6.35. The van der Waals surface area contributed by atoms with Crippen LogP contribution in [0, 0.1) is 6.92 Å². The van der Waals surface area contributed by atoms with Crippen molar-refractivity contribution in [1.82, 2.24) is 0 Å². The van der Waals surface area contributed by atoms with Crippen LogP contribution in [0.15, 0.2) is 30.5 Å². The number of halogens is 1. The number of hydrogen-bond acceptors (Lipinski definition) is 0. The van der Waals surface area contributed by atoms with E-state index in [-0.39, 0.29) is 0 Å². The maximum Gasteiger partial charge on any atom is 0.212 e. The SMILES string of the molecule is Cc1c[nH+]c2ccccc2c1Cl.